The predicted molar refractivity (Wildman–Crippen MR) is 107 cm³/mol. The first kappa shape index (κ1) is 17.5. The van der Waals surface area contributed by atoms with E-state index in [1.54, 1.807) is 0 Å². The lowest BCUT2D eigenvalue weighted by molar-refractivity contribution is 0.00589. The maximum absolute atomic E-state index is 13.2. The molecule has 0 unspecified atom stereocenters. The number of aromatic nitrogens is 1. The lowest BCUT2D eigenvalue weighted by Gasteiger charge is -2.46. The van der Waals surface area contributed by atoms with E-state index in [4.69, 9.17) is 16.3 Å². The van der Waals surface area contributed by atoms with Gasteiger partial charge < -0.3 is 9.30 Å². The van der Waals surface area contributed by atoms with Crippen LogP contribution in [0.25, 0.3) is 11.1 Å². The maximum Gasteiger partial charge on any atom is 0.258 e. The van der Waals surface area contributed by atoms with E-state index in [-0.39, 0.29) is 5.56 Å². The van der Waals surface area contributed by atoms with E-state index in [9.17, 15) is 4.79 Å². The number of piperidine rings is 1. The number of rotatable bonds is 2. The lowest BCUT2D eigenvalue weighted by atomic mass is 9.81. The molecule has 0 aliphatic carbocycles. The van der Waals surface area contributed by atoms with Crippen LogP contribution in [-0.4, -0.2) is 41.8 Å². The summed E-state index contributed by atoms with van der Waals surface area (Å²) < 4.78 is 7.58. The Kier molecular flexibility index (Phi) is 4.58. The summed E-state index contributed by atoms with van der Waals surface area (Å²) >= 11 is 6.00. The van der Waals surface area contributed by atoms with Crippen LogP contribution >= 0.6 is 11.6 Å². The highest BCUT2D eigenvalue weighted by Crippen LogP contribution is 2.37. The van der Waals surface area contributed by atoms with E-state index in [1.165, 1.54) is 12.1 Å². The van der Waals surface area contributed by atoms with Gasteiger partial charge in [0.15, 0.2) is 0 Å². The number of hydrogen-bond acceptors (Lipinski definition) is 3. The molecule has 0 amide bonds. The van der Waals surface area contributed by atoms with Crippen molar-refractivity contribution in [3.05, 3.63) is 57.5 Å². The Morgan fingerprint density at radius 1 is 0.963 bits per heavy atom. The molecule has 2 bridgehead atoms. The fourth-order valence-electron chi connectivity index (χ4n) is 5.18. The van der Waals surface area contributed by atoms with E-state index in [0.29, 0.717) is 22.9 Å². The maximum atomic E-state index is 13.2. The molecule has 4 heterocycles. The van der Waals surface area contributed by atoms with E-state index in [0.717, 1.165) is 56.8 Å². The van der Waals surface area contributed by atoms with Crippen LogP contribution in [0.4, 0.5) is 0 Å². The predicted octanol–water partition coefficient (Wildman–Crippen LogP) is 3.77. The van der Waals surface area contributed by atoms with Crippen molar-refractivity contribution in [1.29, 1.82) is 0 Å². The summed E-state index contributed by atoms with van der Waals surface area (Å²) in [4.78, 5) is 15.9. The SMILES string of the molecule is O=c1c(-c2ccc(Cl)cc2)ccc2n1C[C@@H]1C[C@@H]2CN(C2CCOCC2)C1. The largest absolute Gasteiger partial charge is 0.381 e. The van der Waals surface area contributed by atoms with Crippen molar-refractivity contribution < 1.29 is 4.74 Å². The van der Waals surface area contributed by atoms with Crippen molar-refractivity contribution >= 4 is 11.6 Å². The van der Waals surface area contributed by atoms with Crippen LogP contribution in [0.3, 0.4) is 0 Å². The molecular formula is C22H25ClN2O2. The lowest BCUT2D eigenvalue weighted by Crippen LogP contribution is -2.51. The average Bonchev–Trinajstić information content (AvgIpc) is 2.70. The molecule has 2 aromatic rings. The zero-order valence-electron chi connectivity index (χ0n) is 15.4. The van der Waals surface area contributed by atoms with Crippen LogP contribution in [0.1, 0.15) is 30.9 Å². The van der Waals surface area contributed by atoms with E-state index in [1.807, 2.05) is 34.9 Å². The Balaban J connectivity index is 1.45. The summed E-state index contributed by atoms with van der Waals surface area (Å²) in [5.74, 6) is 1.03. The molecule has 0 spiro atoms. The highest BCUT2D eigenvalue weighted by molar-refractivity contribution is 6.30. The van der Waals surface area contributed by atoms with Crippen molar-refractivity contribution in [2.75, 3.05) is 26.3 Å². The van der Waals surface area contributed by atoms with Gasteiger partial charge in [0.2, 0.25) is 0 Å². The molecule has 0 radical (unpaired) electrons. The molecule has 1 aromatic carbocycles. The summed E-state index contributed by atoms with van der Waals surface area (Å²) in [5.41, 5.74) is 3.07. The van der Waals surface area contributed by atoms with Crippen molar-refractivity contribution in [1.82, 2.24) is 9.47 Å². The fourth-order valence-corrected chi connectivity index (χ4v) is 5.31. The van der Waals surface area contributed by atoms with Gasteiger partial charge in [-0.1, -0.05) is 23.7 Å². The minimum Gasteiger partial charge on any atom is -0.381 e. The zero-order valence-corrected chi connectivity index (χ0v) is 16.2. The Bertz CT molecular complexity index is 886. The molecule has 2 saturated heterocycles. The van der Waals surface area contributed by atoms with Gasteiger partial charge in [0.05, 0.1) is 0 Å². The highest BCUT2D eigenvalue weighted by Gasteiger charge is 2.37. The Labute approximate surface area is 164 Å². The topological polar surface area (TPSA) is 34.5 Å². The molecule has 5 heteroatoms. The van der Waals surface area contributed by atoms with Gasteiger partial charge in [-0.15, -0.1) is 0 Å². The van der Waals surface area contributed by atoms with Crippen molar-refractivity contribution in [2.24, 2.45) is 5.92 Å². The number of benzene rings is 1. The first-order chi connectivity index (χ1) is 13.2. The molecule has 0 saturated carbocycles. The second kappa shape index (κ2) is 7.08. The van der Waals surface area contributed by atoms with Crippen molar-refractivity contribution in [3.8, 4) is 11.1 Å². The van der Waals surface area contributed by atoms with Crippen molar-refractivity contribution in [3.63, 3.8) is 0 Å². The van der Waals surface area contributed by atoms with Gasteiger partial charge in [0.25, 0.3) is 5.56 Å². The van der Waals surface area contributed by atoms with Gasteiger partial charge >= 0.3 is 0 Å². The second-order valence-corrected chi connectivity index (χ2v) is 8.63. The molecule has 3 aliphatic rings. The monoisotopic (exact) mass is 384 g/mol. The van der Waals surface area contributed by atoms with Crippen LogP contribution in [-0.2, 0) is 11.3 Å². The average molecular weight is 385 g/mol. The molecule has 2 fully saturated rings. The van der Waals surface area contributed by atoms with Gasteiger partial charge in [-0.25, -0.2) is 0 Å². The number of nitrogens with zero attached hydrogens (tertiary/aromatic N) is 2. The molecule has 5 rings (SSSR count). The Hall–Kier alpha value is -1.62. The number of pyridine rings is 1. The third kappa shape index (κ3) is 3.24. The third-order valence-electron chi connectivity index (χ3n) is 6.49. The van der Waals surface area contributed by atoms with Crippen LogP contribution in [0.15, 0.2) is 41.2 Å². The van der Waals surface area contributed by atoms with E-state index >= 15 is 0 Å². The smallest absolute Gasteiger partial charge is 0.258 e. The quantitative estimate of drug-likeness (QED) is 0.790. The number of ether oxygens (including phenoxy) is 1. The highest BCUT2D eigenvalue weighted by atomic mass is 35.5. The van der Waals surface area contributed by atoms with Crippen LogP contribution in [0, 0.1) is 5.92 Å². The summed E-state index contributed by atoms with van der Waals surface area (Å²) in [6.07, 6.45) is 3.49. The number of halogens is 1. The Morgan fingerprint density at radius 2 is 1.74 bits per heavy atom. The molecular weight excluding hydrogens is 360 g/mol. The minimum absolute atomic E-state index is 0.143. The summed E-state index contributed by atoms with van der Waals surface area (Å²) in [7, 11) is 0. The third-order valence-corrected chi connectivity index (χ3v) is 6.75. The molecule has 3 aliphatic heterocycles. The van der Waals surface area contributed by atoms with Gasteiger partial charge in [0.1, 0.15) is 0 Å². The molecule has 27 heavy (non-hydrogen) atoms. The van der Waals surface area contributed by atoms with Crippen LogP contribution in [0.5, 0.6) is 0 Å². The van der Waals surface area contributed by atoms with Gasteiger partial charge in [-0.3, -0.25) is 9.69 Å². The first-order valence-electron chi connectivity index (χ1n) is 10.0. The van der Waals surface area contributed by atoms with E-state index in [2.05, 4.69) is 11.0 Å². The zero-order chi connectivity index (χ0) is 18.4. The number of fused-ring (bicyclic) bond motifs is 4. The van der Waals surface area contributed by atoms with E-state index < -0.39 is 0 Å². The van der Waals surface area contributed by atoms with Crippen LogP contribution in [0.2, 0.25) is 5.02 Å². The number of likely N-dealkylation sites (tertiary alicyclic amines) is 1. The minimum atomic E-state index is 0.143. The van der Waals surface area contributed by atoms with Gasteiger partial charge in [-0.05, 0) is 55.0 Å². The second-order valence-electron chi connectivity index (χ2n) is 8.19. The summed E-state index contributed by atoms with van der Waals surface area (Å²) in [6, 6.07) is 12.4. The molecule has 4 nitrogen and oxygen atoms in total. The number of hydrogen-bond donors (Lipinski definition) is 0. The standard InChI is InChI=1S/C22H25ClN2O2/c23-18-3-1-16(2-4-18)20-5-6-21-17-11-15(13-25(21)22(20)26)12-24(14-17)19-7-9-27-10-8-19/h1-6,15,17,19H,7-14H2/t15-,17-/m1/s1. The van der Waals surface area contributed by atoms with Gasteiger partial charge in [0, 0.05) is 61.1 Å². The van der Waals surface area contributed by atoms with Gasteiger partial charge in [-0.2, -0.15) is 0 Å². The molecule has 2 atom stereocenters. The fraction of sp³-hybridized carbons (Fsp3) is 0.500. The first-order valence-corrected chi connectivity index (χ1v) is 10.4. The normalized spacial score (nSPS) is 26.0. The molecule has 1 aromatic heterocycles. The summed E-state index contributed by atoms with van der Waals surface area (Å²) in [5, 5.41) is 0.694. The Morgan fingerprint density at radius 3 is 2.52 bits per heavy atom. The van der Waals surface area contributed by atoms with Crippen LogP contribution < -0.4 is 5.56 Å². The summed E-state index contributed by atoms with van der Waals surface area (Å²) in [6.45, 7) is 4.79. The molecule has 0 N–H and O–H groups in total. The molecule has 142 valence electrons. The van der Waals surface area contributed by atoms with Crippen molar-refractivity contribution in [2.45, 2.75) is 37.8 Å².